The van der Waals surface area contributed by atoms with E-state index in [-0.39, 0.29) is 25.2 Å². The Hall–Kier alpha value is -4.30. The van der Waals surface area contributed by atoms with Gasteiger partial charge in [-0.05, 0) is 49.3 Å². The Morgan fingerprint density at radius 1 is 0.848 bits per heavy atom. The number of carbonyl (C=O) groups is 5. The van der Waals surface area contributed by atoms with Crippen LogP contribution in [0.2, 0.25) is 0 Å². The topological polar surface area (TPSA) is 130 Å². The van der Waals surface area contributed by atoms with Crippen molar-refractivity contribution >= 4 is 29.2 Å². The number of amides is 2. The first-order valence-corrected chi connectivity index (χ1v) is 15.1. The normalized spacial score (nSPS) is 14.5. The third-order valence-corrected chi connectivity index (χ3v) is 7.46. The van der Waals surface area contributed by atoms with E-state index in [0.717, 1.165) is 0 Å². The van der Waals surface area contributed by atoms with Crippen molar-refractivity contribution in [3.63, 3.8) is 0 Å². The summed E-state index contributed by atoms with van der Waals surface area (Å²) in [6.07, 6.45) is -9.23. The maximum absolute atomic E-state index is 13.5. The van der Waals surface area contributed by atoms with Gasteiger partial charge in [-0.1, -0.05) is 75.2 Å². The Kier molecular flexibility index (Phi) is 14.8. The molecule has 2 aromatic rings. The van der Waals surface area contributed by atoms with Crippen LogP contribution in [0.1, 0.15) is 64.5 Å². The van der Waals surface area contributed by atoms with Crippen LogP contribution in [0, 0.1) is 29.6 Å². The summed E-state index contributed by atoms with van der Waals surface area (Å²) in [4.78, 5) is 63.9. The van der Waals surface area contributed by atoms with E-state index >= 15 is 0 Å². The van der Waals surface area contributed by atoms with E-state index in [2.05, 4.69) is 22.5 Å². The van der Waals surface area contributed by atoms with E-state index in [9.17, 15) is 42.3 Å². The molecule has 46 heavy (non-hydrogen) atoms. The summed E-state index contributed by atoms with van der Waals surface area (Å²) in [6.45, 7) is 6.05. The van der Waals surface area contributed by atoms with Gasteiger partial charge in [0.1, 0.15) is 5.78 Å². The van der Waals surface area contributed by atoms with Gasteiger partial charge in [0, 0.05) is 36.7 Å². The summed E-state index contributed by atoms with van der Waals surface area (Å²) in [6, 6.07) is 14.8. The quantitative estimate of drug-likeness (QED) is 0.233. The molecule has 0 spiro atoms. The molecule has 0 radical (unpaired) electrons. The van der Waals surface area contributed by atoms with Crippen molar-refractivity contribution in [1.29, 1.82) is 0 Å². The number of alkyl halides is 3. The number of ketones is 3. The summed E-state index contributed by atoms with van der Waals surface area (Å²) in [5.74, 6) is 0.229. The average Bonchev–Trinajstić information content (AvgIpc) is 3.00. The summed E-state index contributed by atoms with van der Waals surface area (Å²) in [7, 11) is 0. The number of Topliss-reactive ketones (excluding diaryl/α,β-unsaturated/α-hetero) is 3. The monoisotopic (exact) mass is 642 g/mol. The van der Waals surface area contributed by atoms with E-state index in [1.807, 2.05) is 6.07 Å². The molecule has 0 saturated heterocycles. The predicted molar refractivity (Wildman–Crippen MR) is 166 cm³/mol. The van der Waals surface area contributed by atoms with Gasteiger partial charge in [0.2, 0.25) is 17.6 Å². The van der Waals surface area contributed by atoms with E-state index in [1.54, 1.807) is 68.4 Å². The largest absolute Gasteiger partial charge is 0.416 e. The first kappa shape index (κ1) is 37.9. The van der Waals surface area contributed by atoms with Crippen molar-refractivity contribution in [1.82, 2.24) is 10.6 Å². The van der Waals surface area contributed by atoms with Gasteiger partial charge < -0.3 is 20.5 Å². The van der Waals surface area contributed by atoms with Crippen LogP contribution in [-0.4, -0.2) is 58.6 Å². The van der Waals surface area contributed by atoms with Crippen LogP contribution >= 0.6 is 0 Å². The van der Waals surface area contributed by atoms with Gasteiger partial charge in [0.25, 0.3) is 0 Å². The zero-order valence-corrected chi connectivity index (χ0v) is 26.4. The lowest BCUT2D eigenvalue weighted by atomic mass is 9.88. The van der Waals surface area contributed by atoms with Crippen LogP contribution in [0.25, 0.3) is 0 Å². The molecule has 5 atom stereocenters. The van der Waals surface area contributed by atoms with Crippen molar-refractivity contribution < 1.29 is 42.3 Å². The second-order valence-electron chi connectivity index (χ2n) is 11.8. The third kappa shape index (κ3) is 13.0. The lowest BCUT2D eigenvalue weighted by molar-refractivity contribution is -0.213. The van der Waals surface area contributed by atoms with Gasteiger partial charge in [-0.2, -0.15) is 13.2 Å². The summed E-state index contributed by atoms with van der Waals surface area (Å²) in [5, 5.41) is 14.7. The zero-order valence-electron chi connectivity index (χ0n) is 26.4. The molecule has 2 rings (SSSR count). The zero-order chi connectivity index (χ0) is 34.4. The highest BCUT2D eigenvalue weighted by atomic mass is 19.4. The summed E-state index contributed by atoms with van der Waals surface area (Å²) >= 11 is 0. The molecule has 2 unspecified atom stereocenters. The standard InChI is InChI=1S/C35H41F3N2O6/c1-22(2)28(21-27(42)17-16-25-11-7-5-8-12-25)34(46)40-30(20-26-13-9-6-10-14-26)31(43)19-23(3)33(45)39-29(18-15-24(4)41)32(44)35(36,37)38/h5-14,22-23,28-30,32,44H,15,18-21H2,1-4H3,(H,39,45)(H,40,46)/t23-,28+,29?,30+,32?/m1/s1. The fraction of sp³-hybridized carbons (Fsp3) is 0.457. The van der Waals surface area contributed by atoms with E-state index in [0.29, 0.717) is 11.1 Å². The molecule has 0 aliphatic rings. The smallest absolute Gasteiger partial charge is 0.382 e. The highest BCUT2D eigenvalue weighted by Gasteiger charge is 2.44. The molecule has 0 aromatic heterocycles. The van der Waals surface area contributed by atoms with E-state index < -0.39 is 78.2 Å². The molecule has 248 valence electrons. The van der Waals surface area contributed by atoms with Crippen LogP contribution in [0.5, 0.6) is 0 Å². The van der Waals surface area contributed by atoms with Gasteiger partial charge >= 0.3 is 6.18 Å². The SMILES string of the molecule is CC(=O)CCC(NC(=O)[C@H](C)CC(=O)[C@H](Cc1ccccc1)NC(=O)[C@@H](CC(=O)C#Cc1ccccc1)C(C)C)C(O)C(F)(F)F. The minimum Gasteiger partial charge on any atom is -0.382 e. The van der Waals surface area contributed by atoms with Gasteiger partial charge in [0.05, 0.1) is 12.1 Å². The van der Waals surface area contributed by atoms with Gasteiger partial charge in [-0.3, -0.25) is 19.2 Å². The van der Waals surface area contributed by atoms with Crippen molar-refractivity contribution in [2.24, 2.45) is 17.8 Å². The van der Waals surface area contributed by atoms with Crippen LogP contribution in [-0.2, 0) is 30.4 Å². The van der Waals surface area contributed by atoms with Crippen LogP contribution in [0.15, 0.2) is 60.7 Å². The molecule has 0 fully saturated rings. The molecule has 0 saturated carbocycles. The van der Waals surface area contributed by atoms with Crippen LogP contribution in [0.4, 0.5) is 13.2 Å². The van der Waals surface area contributed by atoms with Crippen molar-refractivity contribution in [3.8, 4) is 11.8 Å². The second-order valence-corrected chi connectivity index (χ2v) is 11.8. The first-order valence-electron chi connectivity index (χ1n) is 15.1. The molecule has 0 aliphatic heterocycles. The lowest BCUT2D eigenvalue weighted by Crippen LogP contribution is -2.52. The number of hydrogen-bond acceptors (Lipinski definition) is 6. The maximum atomic E-state index is 13.5. The maximum Gasteiger partial charge on any atom is 0.416 e. The second kappa shape index (κ2) is 18.0. The number of nitrogens with one attached hydrogen (secondary N) is 2. The number of carbonyl (C=O) groups excluding carboxylic acids is 5. The highest BCUT2D eigenvalue weighted by molar-refractivity contribution is 5.99. The molecule has 2 amide bonds. The number of halogens is 3. The Balaban J connectivity index is 2.20. The van der Waals surface area contributed by atoms with Gasteiger partial charge in [-0.15, -0.1) is 0 Å². The summed E-state index contributed by atoms with van der Waals surface area (Å²) < 4.78 is 39.7. The Morgan fingerprint density at radius 2 is 1.43 bits per heavy atom. The number of hydrogen-bond donors (Lipinski definition) is 3. The molecule has 3 N–H and O–H groups in total. The number of benzene rings is 2. The molecular weight excluding hydrogens is 601 g/mol. The van der Waals surface area contributed by atoms with E-state index in [1.165, 1.54) is 13.8 Å². The molecule has 11 heteroatoms. The van der Waals surface area contributed by atoms with Crippen LogP contribution in [0.3, 0.4) is 0 Å². The molecule has 2 aromatic carbocycles. The number of aliphatic hydroxyl groups is 1. The van der Waals surface area contributed by atoms with Gasteiger partial charge in [0.15, 0.2) is 11.9 Å². The number of aliphatic hydroxyl groups excluding tert-OH is 1. The van der Waals surface area contributed by atoms with Crippen molar-refractivity contribution in [2.75, 3.05) is 0 Å². The Morgan fingerprint density at radius 3 is 1.98 bits per heavy atom. The van der Waals surface area contributed by atoms with Gasteiger partial charge in [-0.25, -0.2) is 0 Å². The molecular formula is C35H41F3N2O6. The van der Waals surface area contributed by atoms with Crippen molar-refractivity contribution in [2.45, 2.75) is 84.2 Å². The lowest BCUT2D eigenvalue weighted by Gasteiger charge is -2.27. The minimum atomic E-state index is -5.04. The summed E-state index contributed by atoms with van der Waals surface area (Å²) in [5.41, 5.74) is 1.35. The molecule has 8 nitrogen and oxygen atoms in total. The third-order valence-electron chi connectivity index (χ3n) is 7.46. The molecule has 0 aliphatic carbocycles. The fourth-order valence-corrected chi connectivity index (χ4v) is 4.68. The minimum absolute atomic E-state index is 0.0698. The van der Waals surface area contributed by atoms with Crippen molar-refractivity contribution in [3.05, 3.63) is 71.8 Å². The molecule has 0 bridgehead atoms. The Bertz CT molecular complexity index is 1400. The molecule has 0 heterocycles. The average molecular weight is 643 g/mol. The fourth-order valence-electron chi connectivity index (χ4n) is 4.68. The first-order chi connectivity index (χ1) is 21.6. The highest BCUT2D eigenvalue weighted by Crippen LogP contribution is 2.25. The number of rotatable bonds is 16. The van der Waals surface area contributed by atoms with Crippen LogP contribution < -0.4 is 10.6 Å². The Labute approximate surface area is 267 Å². The van der Waals surface area contributed by atoms with E-state index in [4.69, 9.17) is 0 Å². The predicted octanol–water partition coefficient (Wildman–Crippen LogP) is 4.37.